The lowest BCUT2D eigenvalue weighted by Crippen LogP contribution is -2.18. The summed E-state index contributed by atoms with van der Waals surface area (Å²) in [5.41, 5.74) is 8.98. The minimum atomic E-state index is 0.115. The van der Waals surface area contributed by atoms with Crippen molar-refractivity contribution in [2.24, 2.45) is 10.1 Å². The van der Waals surface area contributed by atoms with Crippen molar-refractivity contribution in [3.63, 3.8) is 0 Å². The van der Waals surface area contributed by atoms with Gasteiger partial charge in [-0.1, -0.05) is 72.3 Å². The number of aliphatic imine (C=N–C) groups is 1. The number of anilines is 1. The summed E-state index contributed by atoms with van der Waals surface area (Å²) in [7, 11) is 1.69. The van der Waals surface area contributed by atoms with Gasteiger partial charge in [-0.25, -0.2) is 0 Å². The van der Waals surface area contributed by atoms with Gasteiger partial charge >= 0.3 is 0 Å². The molecule has 4 aromatic rings. The standard InChI is InChI=1S/C31H29N3O/c1-22-8-12-25(13-9-22)30-20-31(26-14-18-28(35-3)19-15-26)34(33-30)27-16-10-24(11-17-27)21-32-29-7-5-4-6-23(29)2/h4-19,21,31H,20H2,1-3H3/t31-/m1/s1. The molecule has 4 nitrogen and oxygen atoms in total. The third kappa shape index (κ3) is 5.02. The van der Waals surface area contributed by atoms with Crippen molar-refractivity contribution in [3.05, 3.63) is 125 Å². The first kappa shape index (κ1) is 22.6. The number of para-hydroxylation sites is 1. The van der Waals surface area contributed by atoms with Crippen molar-refractivity contribution in [3.8, 4) is 5.75 Å². The Labute approximate surface area is 207 Å². The van der Waals surface area contributed by atoms with E-state index in [1.54, 1.807) is 7.11 Å². The Morgan fingerprint density at radius 1 is 0.857 bits per heavy atom. The number of hydrazone groups is 1. The molecular weight excluding hydrogens is 430 g/mol. The molecule has 1 heterocycles. The van der Waals surface area contributed by atoms with Crippen LogP contribution >= 0.6 is 0 Å². The van der Waals surface area contributed by atoms with Crippen LogP contribution < -0.4 is 9.75 Å². The van der Waals surface area contributed by atoms with Gasteiger partial charge in [0.1, 0.15) is 5.75 Å². The fraction of sp³-hybridized carbons (Fsp3) is 0.161. The number of nitrogens with zero attached hydrogens (tertiary/aromatic N) is 3. The minimum absolute atomic E-state index is 0.115. The molecule has 1 aliphatic rings. The molecular formula is C31H29N3O. The quantitative estimate of drug-likeness (QED) is 0.281. The van der Waals surface area contributed by atoms with E-state index in [1.165, 1.54) is 16.7 Å². The van der Waals surface area contributed by atoms with Gasteiger partial charge in [0.2, 0.25) is 0 Å². The zero-order chi connectivity index (χ0) is 24.2. The van der Waals surface area contributed by atoms with E-state index in [1.807, 2.05) is 36.5 Å². The lowest BCUT2D eigenvalue weighted by atomic mass is 9.97. The molecule has 0 spiro atoms. The largest absolute Gasteiger partial charge is 0.497 e. The highest BCUT2D eigenvalue weighted by Gasteiger charge is 2.30. The number of hydrogen-bond acceptors (Lipinski definition) is 4. The zero-order valence-corrected chi connectivity index (χ0v) is 20.3. The molecule has 0 amide bonds. The number of methoxy groups -OCH3 is 1. The van der Waals surface area contributed by atoms with Gasteiger partial charge in [-0.15, -0.1) is 0 Å². The molecule has 5 rings (SSSR count). The SMILES string of the molecule is COc1ccc([C@H]2CC(c3ccc(C)cc3)=NN2c2ccc(C=Nc3ccccc3C)cc2)cc1. The van der Waals surface area contributed by atoms with Gasteiger partial charge in [0.25, 0.3) is 0 Å². The molecule has 0 N–H and O–H groups in total. The molecule has 0 unspecified atom stereocenters. The zero-order valence-electron chi connectivity index (χ0n) is 20.3. The summed E-state index contributed by atoms with van der Waals surface area (Å²) in [5.74, 6) is 0.857. The van der Waals surface area contributed by atoms with E-state index in [9.17, 15) is 0 Å². The summed E-state index contributed by atoms with van der Waals surface area (Å²) < 4.78 is 5.37. The minimum Gasteiger partial charge on any atom is -0.497 e. The van der Waals surface area contributed by atoms with E-state index in [-0.39, 0.29) is 6.04 Å². The summed E-state index contributed by atoms with van der Waals surface area (Å²) in [6, 6.07) is 33.6. The van der Waals surface area contributed by atoms with Crippen molar-refractivity contribution in [2.45, 2.75) is 26.3 Å². The Morgan fingerprint density at radius 3 is 2.26 bits per heavy atom. The van der Waals surface area contributed by atoms with Gasteiger partial charge in [0, 0.05) is 12.6 Å². The topological polar surface area (TPSA) is 37.2 Å². The molecule has 0 saturated heterocycles. The third-order valence-corrected chi connectivity index (χ3v) is 6.42. The van der Waals surface area contributed by atoms with Gasteiger partial charge in [-0.05, 0) is 66.4 Å². The molecule has 0 saturated carbocycles. The first-order valence-electron chi connectivity index (χ1n) is 11.9. The van der Waals surface area contributed by atoms with Crippen molar-refractivity contribution >= 4 is 23.3 Å². The van der Waals surface area contributed by atoms with Crippen LogP contribution in [0.15, 0.2) is 107 Å². The Balaban J connectivity index is 1.44. The molecule has 4 heteroatoms. The van der Waals surface area contributed by atoms with Crippen LogP contribution in [0.25, 0.3) is 0 Å². The number of ether oxygens (including phenoxy) is 1. The van der Waals surface area contributed by atoms with Crippen LogP contribution in [0.2, 0.25) is 0 Å². The number of aryl methyl sites for hydroxylation is 2. The van der Waals surface area contributed by atoms with Crippen molar-refractivity contribution < 1.29 is 4.74 Å². The maximum Gasteiger partial charge on any atom is 0.118 e. The molecule has 0 radical (unpaired) electrons. The van der Waals surface area contributed by atoms with E-state index in [0.717, 1.165) is 40.4 Å². The molecule has 0 aromatic heterocycles. The van der Waals surface area contributed by atoms with Gasteiger partial charge in [-0.3, -0.25) is 10.0 Å². The molecule has 1 aliphatic heterocycles. The predicted octanol–water partition coefficient (Wildman–Crippen LogP) is 7.42. The van der Waals surface area contributed by atoms with Crippen molar-refractivity contribution in [1.82, 2.24) is 0 Å². The highest BCUT2D eigenvalue weighted by atomic mass is 16.5. The fourth-order valence-corrected chi connectivity index (χ4v) is 4.32. The summed E-state index contributed by atoms with van der Waals surface area (Å²) >= 11 is 0. The number of benzene rings is 4. The highest BCUT2D eigenvalue weighted by molar-refractivity contribution is 6.03. The Kier molecular flexibility index (Phi) is 6.44. The van der Waals surface area contributed by atoms with Gasteiger partial charge in [0.15, 0.2) is 0 Å². The molecule has 1 atom stereocenters. The molecule has 174 valence electrons. The first-order chi connectivity index (χ1) is 17.1. The van der Waals surface area contributed by atoms with Crippen LogP contribution in [0, 0.1) is 13.8 Å². The maximum atomic E-state index is 5.37. The van der Waals surface area contributed by atoms with E-state index in [4.69, 9.17) is 9.84 Å². The van der Waals surface area contributed by atoms with E-state index >= 15 is 0 Å². The van der Waals surface area contributed by atoms with Crippen LogP contribution in [0.5, 0.6) is 5.75 Å². The molecule has 0 aliphatic carbocycles. The normalized spacial score (nSPS) is 15.5. The lowest BCUT2D eigenvalue weighted by molar-refractivity contribution is 0.414. The first-order valence-corrected chi connectivity index (χ1v) is 11.9. The van der Waals surface area contributed by atoms with E-state index in [2.05, 4.69) is 90.6 Å². The molecule has 0 bridgehead atoms. The van der Waals surface area contributed by atoms with Crippen molar-refractivity contribution in [2.75, 3.05) is 12.1 Å². The van der Waals surface area contributed by atoms with Gasteiger partial charge in [-0.2, -0.15) is 5.10 Å². The number of rotatable bonds is 6. The van der Waals surface area contributed by atoms with Crippen LogP contribution in [0.1, 0.15) is 40.3 Å². The fourth-order valence-electron chi connectivity index (χ4n) is 4.32. The second-order valence-electron chi connectivity index (χ2n) is 8.89. The maximum absolute atomic E-state index is 5.37. The molecule has 35 heavy (non-hydrogen) atoms. The summed E-state index contributed by atoms with van der Waals surface area (Å²) in [4.78, 5) is 4.66. The molecule has 4 aromatic carbocycles. The van der Waals surface area contributed by atoms with Crippen LogP contribution in [-0.4, -0.2) is 19.0 Å². The lowest BCUT2D eigenvalue weighted by Gasteiger charge is -2.24. The predicted molar refractivity (Wildman–Crippen MR) is 145 cm³/mol. The second-order valence-corrected chi connectivity index (χ2v) is 8.89. The monoisotopic (exact) mass is 459 g/mol. The smallest absolute Gasteiger partial charge is 0.118 e. The van der Waals surface area contributed by atoms with Crippen molar-refractivity contribution in [1.29, 1.82) is 0 Å². The summed E-state index contributed by atoms with van der Waals surface area (Å²) in [6.45, 7) is 4.18. The van der Waals surface area contributed by atoms with E-state index in [0.29, 0.717) is 0 Å². The van der Waals surface area contributed by atoms with Crippen LogP contribution in [-0.2, 0) is 0 Å². The summed E-state index contributed by atoms with van der Waals surface area (Å²) in [5, 5.41) is 7.22. The average molecular weight is 460 g/mol. The summed E-state index contributed by atoms with van der Waals surface area (Å²) in [6.07, 6.45) is 2.75. The van der Waals surface area contributed by atoms with E-state index < -0.39 is 0 Å². The second kappa shape index (κ2) is 9.98. The van der Waals surface area contributed by atoms with Crippen LogP contribution in [0.4, 0.5) is 11.4 Å². The van der Waals surface area contributed by atoms with Gasteiger partial charge in [0.05, 0.1) is 30.2 Å². The van der Waals surface area contributed by atoms with Gasteiger partial charge < -0.3 is 4.74 Å². The Hall–Kier alpha value is -4.18. The Bertz CT molecular complexity index is 1350. The van der Waals surface area contributed by atoms with Crippen LogP contribution in [0.3, 0.4) is 0 Å². The number of hydrogen-bond donors (Lipinski definition) is 0. The third-order valence-electron chi connectivity index (χ3n) is 6.42. The Morgan fingerprint density at radius 2 is 1.57 bits per heavy atom. The average Bonchev–Trinajstić information content (AvgIpc) is 3.34. The molecule has 0 fully saturated rings. The highest BCUT2D eigenvalue weighted by Crippen LogP contribution is 2.37.